The molecule has 0 spiro atoms. The lowest BCUT2D eigenvalue weighted by atomic mass is 10.0. The van der Waals surface area contributed by atoms with Crippen LogP contribution in [-0.2, 0) is 6.54 Å². The molecule has 1 amide bonds. The van der Waals surface area contributed by atoms with Gasteiger partial charge >= 0.3 is 0 Å². The van der Waals surface area contributed by atoms with E-state index in [4.69, 9.17) is 14.2 Å². The van der Waals surface area contributed by atoms with Gasteiger partial charge in [-0.25, -0.2) is 0 Å². The second kappa shape index (κ2) is 7.63. The van der Waals surface area contributed by atoms with E-state index in [0.29, 0.717) is 42.6 Å². The van der Waals surface area contributed by atoms with Gasteiger partial charge in [-0.2, -0.15) is 0 Å². The minimum atomic E-state index is -0.377. The minimum Gasteiger partial charge on any atom is -0.493 e. The van der Waals surface area contributed by atoms with Crippen LogP contribution in [0.4, 0.5) is 5.69 Å². The topological polar surface area (TPSA) is 60.0 Å². The van der Waals surface area contributed by atoms with Crippen molar-refractivity contribution in [1.82, 2.24) is 4.90 Å². The molecule has 5 rings (SSSR count). The van der Waals surface area contributed by atoms with Crippen molar-refractivity contribution in [3.8, 4) is 17.2 Å². The molecule has 0 bridgehead atoms. The molecule has 2 aliphatic heterocycles. The lowest BCUT2D eigenvalue weighted by Gasteiger charge is -2.38. The highest BCUT2D eigenvalue weighted by Gasteiger charge is 2.34. The summed E-state index contributed by atoms with van der Waals surface area (Å²) in [5.41, 5.74) is 3.40. The number of benzene rings is 3. The summed E-state index contributed by atoms with van der Waals surface area (Å²) >= 11 is 0. The molecule has 0 saturated heterocycles. The number of hydrogen-bond acceptors (Lipinski definition) is 5. The van der Waals surface area contributed by atoms with Gasteiger partial charge in [0, 0.05) is 17.8 Å². The van der Waals surface area contributed by atoms with Crippen molar-refractivity contribution in [3.63, 3.8) is 0 Å². The van der Waals surface area contributed by atoms with E-state index >= 15 is 0 Å². The van der Waals surface area contributed by atoms with Crippen molar-refractivity contribution in [2.24, 2.45) is 0 Å². The van der Waals surface area contributed by atoms with Crippen LogP contribution in [-0.4, -0.2) is 31.1 Å². The number of para-hydroxylation sites is 1. The molecule has 6 heteroatoms. The Hall–Kier alpha value is -3.67. The van der Waals surface area contributed by atoms with Crippen molar-refractivity contribution in [3.05, 3.63) is 83.4 Å². The maximum Gasteiger partial charge on any atom is 0.258 e. The number of hydrogen-bond donors (Lipinski definition) is 1. The molecule has 0 unspecified atom stereocenters. The number of carbonyl (C=O) groups is 1. The average molecular weight is 402 g/mol. The lowest BCUT2D eigenvalue weighted by Crippen LogP contribution is -2.42. The first-order chi connectivity index (χ1) is 14.7. The normalized spacial score (nSPS) is 17.2. The van der Waals surface area contributed by atoms with Gasteiger partial charge in [0.05, 0.1) is 12.7 Å². The quantitative estimate of drug-likeness (QED) is 0.708. The third-order valence-corrected chi connectivity index (χ3v) is 5.38. The highest BCUT2D eigenvalue weighted by atomic mass is 16.6. The van der Waals surface area contributed by atoms with Gasteiger partial charge in [-0.3, -0.25) is 4.79 Å². The minimum absolute atomic E-state index is 0.0212. The molecular formula is C24H22N2O4. The van der Waals surface area contributed by atoms with E-state index in [2.05, 4.69) is 5.32 Å². The number of nitrogens with one attached hydrogen (secondary N) is 1. The predicted octanol–water partition coefficient (Wildman–Crippen LogP) is 4.23. The zero-order valence-corrected chi connectivity index (χ0v) is 16.6. The number of fused-ring (bicyclic) bond motifs is 2. The van der Waals surface area contributed by atoms with Gasteiger partial charge in [0.15, 0.2) is 11.5 Å². The summed E-state index contributed by atoms with van der Waals surface area (Å²) in [6.07, 6.45) is -0.377. The first kappa shape index (κ1) is 18.4. The molecule has 1 N–H and O–H groups in total. The molecule has 0 fully saturated rings. The molecule has 152 valence electrons. The number of nitrogens with zero attached hydrogens (tertiary/aromatic N) is 1. The summed E-state index contributed by atoms with van der Waals surface area (Å²) in [4.78, 5) is 15.3. The SMILES string of the molecule is COc1cc([C@@H]2Nc3ccccc3C(=O)N2Cc2ccccc2)cc2c1OCCO2. The molecule has 2 heterocycles. The van der Waals surface area contributed by atoms with E-state index in [9.17, 15) is 4.79 Å². The summed E-state index contributed by atoms with van der Waals surface area (Å²) in [6, 6.07) is 21.4. The van der Waals surface area contributed by atoms with Crippen molar-refractivity contribution in [1.29, 1.82) is 0 Å². The third-order valence-electron chi connectivity index (χ3n) is 5.38. The van der Waals surface area contributed by atoms with Crippen LogP contribution in [0, 0.1) is 0 Å². The molecule has 0 aromatic heterocycles. The fraction of sp³-hybridized carbons (Fsp3) is 0.208. The Balaban J connectivity index is 1.60. The second-order valence-electron chi connectivity index (χ2n) is 7.26. The highest BCUT2D eigenvalue weighted by Crippen LogP contribution is 2.44. The van der Waals surface area contributed by atoms with E-state index < -0.39 is 0 Å². The first-order valence-electron chi connectivity index (χ1n) is 9.92. The van der Waals surface area contributed by atoms with Crippen molar-refractivity contribution in [2.75, 3.05) is 25.6 Å². The lowest BCUT2D eigenvalue weighted by molar-refractivity contribution is 0.0665. The zero-order valence-electron chi connectivity index (χ0n) is 16.6. The number of anilines is 1. The summed E-state index contributed by atoms with van der Waals surface area (Å²) in [7, 11) is 1.61. The molecule has 30 heavy (non-hydrogen) atoms. The maximum atomic E-state index is 13.4. The molecule has 0 aliphatic carbocycles. The van der Waals surface area contributed by atoms with Crippen LogP contribution in [0.25, 0.3) is 0 Å². The average Bonchev–Trinajstić information content (AvgIpc) is 2.80. The standard InChI is InChI=1S/C24H22N2O4/c1-28-20-13-17(14-21-22(20)30-12-11-29-21)23-25-19-10-6-5-9-18(19)24(27)26(23)15-16-7-3-2-4-8-16/h2-10,13-14,23,25H,11-12,15H2,1H3/t23-/m1/s1. The van der Waals surface area contributed by atoms with Crippen LogP contribution in [0.15, 0.2) is 66.7 Å². The molecule has 2 aliphatic rings. The monoisotopic (exact) mass is 402 g/mol. The van der Waals surface area contributed by atoms with E-state index in [0.717, 1.165) is 16.8 Å². The maximum absolute atomic E-state index is 13.4. The predicted molar refractivity (Wildman–Crippen MR) is 113 cm³/mol. The van der Waals surface area contributed by atoms with Crippen molar-refractivity contribution >= 4 is 11.6 Å². The van der Waals surface area contributed by atoms with Gasteiger partial charge in [0.25, 0.3) is 5.91 Å². The second-order valence-corrected chi connectivity index (χ2v) is 7.26. The third kappa shape index (κ3) is 3.20. The van der Waals surface area contributed by atoms with Crippen LogP contribution < -0.4 is 19.5 Å². The van der Waals surface area contributed by atoms with Crippen LogP contribution in [0.5, 0.6) is 17.2 Å². The molecule has 6 nitrogen and oxygen atoms in total. The largest absolute Gasteiger partial charge is 0.493 e. The van der Waals surface area contributed by atoms with E-state index in [1.807, 2.05) is 71.6 Å². The summed E-state index contributed by atoms with van der Waals surface area (Å²) in [5.74, 6) is 1.80. The van der Waals surface area contributed by atoms with Crippen LogP contribution in [0.1, 0.15) is 27.7 Å². The van der Waals surface area contributed by atoms with Gasteiger partial charge in [-0.05, 0) is 29.8 Å². The van der Waals surface area contributed by atoms with E-state index in [1.165, 1.54) is 0 Å². The number of amides is 1. The Morgan fingerprint density at radius 2 is 1.80 bits per heavy atom. The van der Waals surface area contributed by atoms with Crippen LogP contribution in [0.3, 0.4) is 0 Å². The Labute approximate surface area is 175 Å². The fourth-order valence-corrected chi connectivity index (χ4v) is 3.95. The highest BCUT2D eigenvalue weighted by molar-refractivity contribution is 6.01. The number of carbonyl (C=O) groups excluding carboxylic acids is 1. The number of rotatable bonds is 4. The van der Waals surface area contributed by atoms with Crippen LogP contribution >= 0.6 is 0 Å². The van der Waals surface area contributed by atoms with Gasteiger partial charge < -0.3 is 24.4 Å². The Morgan fingerprint density at radius 3 is 2.63 bits per heavy atom. The van der Waals surface area contributed by atoms with E-state index in [1.54, 1.807) is 7.11 Å². The van der Waals surface area contributed by atoms with Gasteiger partial charge in [0.1, 0.15) is 19.4 Å². The summed E-state index contributed by atoms with van der Waals surface area (Å²) in [5, 5.41) is 3.53. The first-order valence-corrected chi connectivity index (χ1v) is 9.92. The molecule has 0 saturated carbocycles. The Kier molecular flexibility index (Phi) is 4.67. The summed E-state index contributed by atoms with van der Waals surface area (Å²) < 4.78 is 17.1. The van der Waals surface area contributed by atoms with Crippen molar-refractivity contribution < 1.29 is 19.0 Å². The van der Waals surface area contributed by atoms with E-state index in [-0.39, 0.29) is 12.1 Å². The molecular weight excluding hydrogens is 380 g/mol. The molecule has 3 aromatic carbocycles. The molecule has 0 radical (unpaired) electrons. The number of methoxy groups -OCH3 is 1. The molecule has 3 aromatic rings. The van der Waals surface area contributed by atoms with Crippen molar-refractivity contribution in [2.45, 2.75) is 12.7 Å². The number of ether oxygens (including phenoxy) is 3. The van der Waals surface area contributed by atoms with Gasteiger partial charge in [-0.1, -0.05) is 42.5 Å². The Bertz CT molecular complexity index is 1070. The fourth-order valence-electron chi connectivity index (χ4n) is 3.95. The molecule has 1 atom stereocenters. The zero-order chi connectivity index (χ0) is 20.5. The Morgan fingerprint density at radius 1 is 1.03 bits per heavy atom. The van der Waals surface area contributed by atoms with Crippen LogP contribution in [0.2, 0.25) is 0 Å². The van der Waals surface area contributed by atoms with Gasteiger partial charge in [0.2, 0.25) is 5.75 Å². The summed E-state index contributed by atoms with van der Waals surface area (Å²) in [6.45, 7) is 1.44. The van der Waals surface area contributed by atoms with Gasteiger partial charge in [-0.15, -0.1) is 0 Å². The smallest absolute Gasteiger partial charge is 0.258 e.